The molecule has 0 unspecified atom stereocenters. The molecule has 0 bridgehead atoms. The van der Waals surface area contributed by atoms with Crippen LogP contribution in [0.5, 0.6) is 0 Å². The number of fused-ring (bicyclic) bond motifs is 3. The highest BCUT2D eigenvalue weighted by molar-refractivity contribution is 7.08. The van der Waals surface area contributed by atoms with Gasteiger partial charge >= 0.3 is 5.69 Å². The molecule has 1 aliphatic rings. The SMILES string of the molecule is O=c1[nH]nc2cc(CN3CCN(CCO)CC3)c3ccc(-c4ccsc4)cc3n12. The van der Waals surface area contributed by atoms with Crippen LogP contribution in [0, 0.1) is 0 Å². The largest absolute Gasteiger partial charge is 0.395 e. The van der Waals surface area contributed by atoms with Crippen molar-refractivity contribution in [2.75, 3.05) is 39.3 Å². The van der Waals surface area contributed by atoms with Crippen molar-refractivity contribution in [1.29, 1.82) is 0 Å². The second kappa shape index (κ2) is 7.72. The third kappa shape index (κ3) is 3.49. The summed E-state index contributed by atoms with van der Waals surface area (Å²) in [4.78, 5) is 17.1. The number of rotatable bonds is 5. The third-order valence-electron chi connectivity index (χ3n) is 5.72. The summed E-state index contributed by atoms with van der Waals surface area (Å²) in [5, 5.41) is 21.2. The summed E-state index contributed by atoms with van der Waals surface area (Å²) in [7, 11) is 0. The molecule has 0 aliphatic carbocycles. The molecule has 0 saturated carbocycles. The number of thiophene rings is 1. The van der Waals surface area contributed by atoms with Crippen LogP contribution in [0.2, 0.25) is 0 Å². The van der Waals surface area contributed by atoms with Gasteiger partial charge in [-0.15, -0.1) is 0 Å². The second-order valence-corrected chi connectivity index (χ2v) is 8.26. The molecule has 0 radical (unpaired) electrons. The van der Waals surface area contributed by atoms with Gasteiger partial charge in [-0.25, -0.2) is 14.3 Å². The van der Waals surface area contributed by atoms with E-state index in [4.69, 9.17) is 5.11 Å². The van der Waals surface area contributed by atoms with Crippen molar-refractivity contribution >= 4 is 27.9 Å². The van der Waals surface area contributed by atoms with Crippen LogP contribution in [0.15, 0.2) is 45.9 Å². The predicted octanol–water partition coefficient (Wildman–Crippen LogP) is 2.01. The number of nitrogens with one attached hydrogen (secondary N) is 1. The van der Waals surface area contributed by atoms with E-state index in [-0.39, 0.29) is 12.3 Å². The molecule has 8 heteroatoms. The van der Waals surface area contributed by atoms with E-state index in [9.17, 15) is 4.79 Å². The number of β-amino-alcohol motifs (C(OH)–C–C–N with tert-alkyl or cyclic N) is 1. The van der Waals surface area contributed by atoms with Gasteiger partial charge in [0.15, 0.2) is 5.65 Å². The van der Waals surface area contributed by atoms with Crippen LogP contribution < -0.4 is 5.69 Å². The maximum absolute atomic E-state index is 12.4. The first-order valence-electron chi connectivity index (χ1n) is 9.84. The number of hydrogen-bond donors (Lipinski definition) is 2. The Morgan fingerprint density at radius 3 is 2.66 bits per heavy atom. The van der Waals surface area contributed by atoms with Gasteiger partial charge in [-0.05, 0) is 45.6 Å². The quantitative estimate of drug-likeness (QED) is 0.527. The summed E-state index contributed by atoms with van der Waals surface area (Å²) in [5.41, 5.74) is 4.77. The van der Waals surface area contributed by atoms with Crippen molar-refractivity contribution in [3.63, 3.8) is 0 Å². The maximum atomic E-state index is 12.4. The molecular weight excluding hydrogens is 386 g/mol. The number of aromatic nitrogens is 3. The van der Waals surface area contributed by atoms with Crippen molar-refractivity contribution in [2.45, 2.75) is 6.54 Å². The lowest BCUT2D eigenvalue weighted by molar-refractivity contribution is 0.109. The van der Waals surface area contributed by atoms with E-state index >= 15 is 0 Å². The number of H-pyrrole nitrogens is 1. The molecule has 3 aromatic heterocycles. The molecule has 0 atom stereocenters. The molecule has 7 nitrogen and oxygen atoms in total. The zero-order chi connectivity index (χ0) is 19.8. The van der Waals surface area contributed by atoms with Crippen LogP contribution >= 0.6 is 11.3 Å². The Morgan fingerprint density at radius 2 is 1.90 bits per heavy atom. The molecule has 4 aromatic rings. The number of benzene rings is 1. The van der Waals surface area contributed by atoms with Gasteiger partial charge in [-0.2, -0.15) is 16.4 Å². The second-order valence-electron chi connectivity index (χ2n) is 7.48. The summed E-state index contributed by atoms with van der Waals surface area (Å²) in [6.45, 7) is 5.63. The molecule has 29 heavy (non-hydrogen) atoms. The lowest BCUT2D eigenvalue weighted by Gasteiger charge is -2.34. The van der Waals surface area contributed by atoms with Gasteiger partial charge in [-0.3, -0.25) is 9.80 Å². The molecule has 1 fully saturated rings. The topological polar surface area (TPSA) is 76.9 Å². The van der Waals surface area contributed by atoms with Crippen LogP contribution in [-0.2, 0) is 6.54 Å². The van der Waals surface area contributed by atoms with Gasteiger partial charge in [0.2, 0.25) is 0 Å². The number of aliphatic hydroxyl groups is 1. The van der Waals surface area contributed by atoms with E-state index < -0.39 is 0 Å². The molecular formula is C21H23N5O2S. The van der Waals surface area contributed by atoms with Crippen LogP contribution in [0.25, 0.3) is 27.7 Å². The Hall–Kier alpha value is -2.52. The normalized spacial score (nSPS) is 16.2. The predicted molar refractivity (Wildman–Crippen MR) is 115 cm³/mol. The minimum absolute atomic E-state index is 0.210. The number of aromatic amines is 1. The lowest BCUT2D eigenvalue weighted by Crippen LogP contribution is -2.46. The summed E-state index contributed by atoms with van der Waals surface area (Å²) in [6, 6.07) is 10.5. The summed E-state index contributed by atoms with van der Waals surface area (Å²) >= 11 is 1.66. The molecule has 0 amide bonds. The third-order valence-corrected chi connectivity index (χ3v) is 6.40. The first kappa shape index (κ1) is 18.5. The van der Waals surface area contributed by atoms with E-state index in [1.165, 1.54) is 5.56 Å². The number of piperazine rings is 1. The van der Waals surface area contributed by atoms with Gasteiger partial charge in [0.1, 0.15) is 0 Å². The Balaban J connectivity index is 1.54. The fraction of sp³-hybridized carbons (Fsp3) is 0.333. The standard InChI is InChI=1S/C21H23N5O2S/c27-9-8-24-4-6-25(7-5-24)13-17-12-20-22-23-21(28)26(20)19-11-15(1-2-18(17)19)16-3-10-29-14-16/h1-3,10-12,14,27H,4-9,13H2,(H,23,28). The van der Waals surface area contributed by atoms with Crippen LogP contribution in [0.4, 0.5) is 0 Å². The summed E-state index contributed by atoms with van der Waals surface area (Å²) in [6.07, 6.45) is 0. The van der Waals surface area contributed by atoms with Crippen molar-refractivity contribution in [2.24, 2.45) is 0 Å². The molecule has 150 valence electrons. The van der Waals surface area contributed by atoms with Crippen LogP contribution in [-0.4, -0.2) is 68.8 Å². The van der Waals surface area contributed by atoms with Crippen LogP contribution in [0.1, 0.15) is 5.56 Å². The van der Waals surface area contributed by atoms with Crippen molar-refractivity contribution in [3.8, 4) is 11.1 Å². The fourth-order valence-electron chi connectivity index (χ4n) is 4.15. The first-order chi connectivity index (χ1) is 14.2. The summed E-state index contributed by atoms with van der Waals surface area (Å²) < 4.78 is 1.66. The molecule has 0 spiro atoms. The van der Waals surface area contributed by atoms with Gasteiger partial charge in [-0.1, -0.05) is 12.1 Å². The average Bonchev–Trinajstić information content (AvgIpc) is 3.40. The number of aliphatic hydroxyl groups excluding tert-OH is 1. The van der Waals surface area contributed by atoms with E-state index in [0.717, 1.165) is 61.3 Å². The molecule has 1 aromatic carbocycles. The monoisotopic (exact) mass is 409 g/mol. The molecule has 5 rings (SSSR count). The van der Waals surface area contributed by atoms with E-state index in [1.54, 1.807) is 15.7 Å². The smallest absolute Gasteiger partial charge is 0.348 e. The Bertz CT molecular complexity index is 1190. The maximum Gasteiger partial charge on any atom is 0.348 e. The zero-order valence-corrected chi connectivity index (χ0v) is 16.9. The lowest BCUT2D eigenvalue weighted by atomic mass is 10.0. The van der Waals surface area contributed by atoms with Gasteiger partial charge < -0.3 is 5.11 Å². The highest BCUT2D eigenvalue weighted by Crippen LogP contribution is 2.29. The van der Waals surface area contributed by atoms with E-state index in [2.05, 4.69) is 55.0 Å². The Kier molecular flexibility index (Phi) is 4.92. The fourth-order valence-corrected chi connectivity index (χ4v) is 4.82. The Labute approximate surface area is 171 Å². The number of nitrogens with zero attached hydrogens (tertiary/aromatic N) is 4. The van der Waals surface area contributed by atoms with Crippen molar-refractivity contribution in [3.05, 3.63) is 57.1 Å². The van der Waals surface area contributed by atoms with E-state index in [1.807, 2.05) is 6.07 Å². The molecule has 1 saturated heterocycles. The average molecular weight is 410 g/mol. The van der Waals surface area contributed by atoms with Crippen molar-refractivity contribution < 1.29 is 5.11 Å². The number of pyridine rings is 1. The molecule has 1 aliphatic heterocycles. The van der Waals surface area contributed by atoms with Gasteiger partial charge in [0.05, 0.1) is 12.1 Å². The van der Waals surface area contributed by atoms with Crippen molar-refractivity contribution in [1.82, 2.24) is 24.4 Å². The minimum Gasteiger partial charge on any atom is -0.395 e. The summed E-state index contributed by atoms with van der Waals surface area (Å²) in [5.74, 6) is 0. The Morgan fingerprint density at radius 1 is 1.07 bits per heavy atom. The molecule has 4 heterocycles. The van der Waals surface area contributed by atoms with Gasteiger partial charge in [0.25, 0.3) is 0 Å². The molecule has 2 N–H and O–H groups in total. The number of hydrogen-bond acceptors (Lipinski definition) is 6. The van der Waals surface area contributed by atoms with Gasteiger partial charge in [0, 0.05) is 44.7 Å². The highest BCUT2D eigenvalue weighted by atomic mass is 32.1. The van der Waals surface area contributed by atoms with Crippen LogP contribution in [0.3, 0.4) is 0 Å². The highest BCUT2D eigenvalue weighted by Gasteiger charge is 2.19. The van der Waals surface area contributed by atoms with E-state index in [0.29, 0.717) is 5.65 Å². The minimum atomic E-state index is -0.211. The first-order valence-corrected chi connectivity index (χ1v) is 10.8. The zero-order valence-electron chi connectivity index (χ0n) is 16.0.